The third-order valence-corrected chi connectivity index (χ3v) is 2.31. The van der Waals surface area contributed by atoms with Crippen molar-refractivity contribution in [3.8, 4) is 0 Å². The van der Waals surface area contributed by atoms with Crippen LogP contribution in [-0.4, -0.2) is 34.5 Å². The Labute approximate surface area is 71.3 Å². The normalized spacial score (nSPS) is 31.1. The second-order valence-electron chi connectivity index (χ2n) is 2.26. The van der Waals surface area contributed by atoms with E-state index in [-0.39, 0.29) is 13.2 Å². The zero-order valence-electron chi connectivity index (χ0n) is 5.56. The van der Waals surface area contributed by atoms with Crippen molar-refractivity contribution in [2.24, 2.45) is 0 Å². The number of carbonyl (C=O) groups excluding carboxylic acids is 2. The molecule has 1 atom stereocenters. The van der Waals surface area contributed by atoms with Crippen molar-refractivity contribution < 1.29 is 14.7 Å². The van der Waals surface area contributed by atoms with Crippen LogP contribution in [0.4, 0.5) is 4.79 Å². The molecule has 1 heterocycles. The first-order chi connectivity index (χ1) is 5.08. The predicted octanol–water partition coefficient (Wildman–Crippen LogP) is -1.05. The van der Waals surface area contributed by atoms with E-state index in [0.717, 1.165) is 0 Å². The molecule has 1 saturated heterocycles. The molecule has 0 aromatic carbocycles. The van der Waals surface area contributed by atoms with E-state index in [1.54, 1.807) is 0 Å². The number of hydrogen-bond acceptors (Lipinski definition) is 3. The van der Waals surface area contributed by atoms with Crippen molar-refractivity contribution >= 4 is 27.9 Å². The zero-order chi connectivity index (χ0) is 8.48. The van der Waals surface area contributed by atoms with Gasteiger partial charge in [-0.25, -0.2) is 4.79 Å². The molecule has 62 valence electrons. The van der Waals surface area contributed by atoms with Gasteiger partial charge >= 0.3 is 6.03 Å². The Kier molecular flexibility index (Phi) is 2.15. The highest BCUT2D eigenvalue weighted by Gasteiger charge is 2.39. The molecule has 0 aromatic rings. The number of amides is 3. The Hall–Kier alpha value is -0.620. The van der Waals surface area contributed by atoms with E-state index >= 15 is 0 Å². The molecule has 1 aliphatic heterocycles. The van der Waals surface area contributed by atoms with Crippen LogP contribution in [0, 0.1) is 0 Å². The molecule has 0 spiro atoms. The van der Waals surface area contributed by atoms with Gasteiger partial charge in [0.1, 0.15) is 4.32 Å². The van der Waals surface area contributed by atoms with Crippen LogP contribution >= 0.6 is 15.9 Å². The van der Waals surface area contributed by atoms with Gasteiger partial charge in [-0.3, -0.25) is 10.1 Å². The number of aliphatic hydroxyl groups excluding tert-OH is 1. The smallest absolute Gasteiger partial charge is 0.321 e. The molecule has 0 bridgehead atoms. The van der Waals surface area contributed by atoms with Crippen molar-refractivity contribution in [2.75, 3.05) is 13.2 Å². The van der Waals surface area contributed by atoms with Crippen molar-refractivity contribution in [1.29, 1.82) is 0 Å². The molecule has 1 aliphatic rings. The van der Waals surface area contributed by atoms with Gasteiger partial charge in [0.25, 0.3) is 0 Å². The van der Waals surface area contributed by atoms with Gasteiger partial charge in [-0.1, -0.05) is 15.9 Å². The maximum atomic E-state index is 11.0. The van der Waals surface area contributed by atoms with Gasteiger partial charge < -0.3 is 10.4 Å². The molecule has 1 fully saturated rings. The summed E-state index contributed by atoms with van der Waals surface area (Å²) in [5.74, 6) is -0.510. The van der Waals surface area contributed by atoms with Gasteiger partial charge in [-0.2, -0.15) is 0 Å². The molecule has 6 heteroatoms. The topological polar surface area (TPSA) is 78.4 Å². The molecule has 0 saturated carbocycles. The van der Waals surface area contributed by atoms with Crippen LogP contribution in [0.2, 0.25) is 0 Å². The minimum Gasteiger partial charge on any atom is -0.394 e. The average Bonchev–Trinajstić information content (AvgIpc) is 1.98. The summed E-state index contributed by atoms with van der Waals surface area (Å²) in [5, 5.41) is 13.1. The fourth-order valence-corrected chi connectivity index (χ4v) is 0.927. The van der Waals surface area contributed by atoms with Gasteiger partial charge in [0.15, 0.2) is 0 Å². The number of rotatable bonds is 1. The average molecular weight is 223 g/mol. The lowest BCUT2D eigenvalue weighted by Crippen LogP contribution is -2.61. The molecule has 0 aromatic heterocycles. The highest BCUT2D eigenvalue weighted by atomic mass is 79.9. The van der Waals surface area contributed by atoms with E-state index in [1.807, 2.05) is 5.32 Å². The Bertz CT molecular complexity index is 208. The molecule has 1 rings (SSSR count). The monoisotopic (exact) mass is 222 g/mol. The van der Waals surface area contributed by atoms with E-state index in [0.29, 0.717) is 0 Å². The van der Waals surface area contributed by atoms with Crippen molar-refractivity contribution in [3.05, 3.63) is 0 Å². The van der Waals surface area contributed by atoms with Gasteiger partial charge in [0.2, 0.25) is 5.91 Å². The zero-order valence-corrected chi connectivity index (χ0v) is 7.14. The van der Waals surface area contributed by atoms with Crippen LogP contribution in [0.15, 0.2) is 0 Å². The molecule has 1 unspecified atom stereocenters. The molecule has 3 N–H and O–H groups in total. The third-order valence-electron chi connectivity index (χ3n) is 1.41. The number of imide groups is 1. The molecule has 3 amide bonds. The maximum absolute atomic E-state index is 11.0. The molecule has 11 heavy (non-hydrogen) atoms. The standard InChI is InChI=1S/C5H7BrN2O3/c6-5(2-9)1-7-4(11)8-3(5)10/h9H,1-2H2,(H2,7,8,10,11). The van der Waals surface area contributed by atoms with Crippen LogP contribution in [-0.2, 0) is 4.79 Å². The Morgan fingerprint density at radius 1 is 1.64 bits per heavy atom. The second-order valence-corrected chi connectivity index (χ2v) is 3.78. The first-order valence-electron chi connectivity index (χ1n) is 2.97. The summed E-state index contributed by atoms with van der Waals surface area (Å²) in [6, 6.07) is -0.529. The van der Waals surface area contributed by atoms with Crippen LogP contribution in [0.25, 0.3) is 0 Å². The van der Waals surface area contributed by atoms with Crippen molar-refractivity contribution in [2.45, 2.75) is 4.32 Å². The predicted molar refractivity (Wildman–Crippen MR) is 40.3 cm³/mol. The number of halogens is 1. The Balaban J connectivity index is 2.71. The number of aliphatic hydroxyl groups is 1. The lowest BCUT2D eigenvalue weighted by Gasteiger charge is -2.28. The van der Waals surface area contributed by atoms with Gasteiger partial charge in [-0.15, -0.1) is 0 Å². The molecule has 0 radical (unpaired) electrons. The van der Waals surface area contributed by atoms with Crippen LogP contribution in [0.1, 0.15) is 0 Å². The minimum atomic E-state index is -1.05. The van der Waals surface area contributed by atoms with Crippen molar-refractivity contribution in [1.82, 2.24) is 10.6 Å². The maximum Gasteiger partial charge on any atom is 0.321 e. The summed E-state index contributed by atoms with van der Waals surface area (Å²) in [5.41, 5.74) is 0. The molecular weight excluding hydrogens is 216 g/mol. The lowest BCUT2D eigenvalue weighted by atomic mass is 10.1. The quantitative estimate of drug-likeness (QED) is 0.496. The highest BCUT2D eigenvalue weighted by Crippen LogP contribution is 2.18. The number of hydrogen-bond donors (Lipinski definition) is 3. The van der Waals surface area contributed by atoms with E-state index in [4.69, 9.17) is 5.11 Å². The lowest BCUT2D eigenvalue weighted by molar-refractivity contribution is -0.123. The molecule has 5 nitrogen and oxygen atoms in total. The van der Waals surface area contributed by atoms with Gasteiger partial charge in [0, 0.05) is 6.54 Å². The fourth-order valence-electron chi connectivity index (χ4n) is 0.688. The van der Waals surface area contributed by atoms with E-state index < -0.39 is 16.3 Å². The summed E-state index contributed by atoms with van der Waals surface area (Å²) in [4.78, 5) is 21.5. The molecule has 0 aliphatic carbocycles. The van der Waals surface area contributed by atoms with E-state index in [2.05, 4.69) is 21.2 Å². The minimum absolute atomic E-state index is 0.105. The Morgan fingerprint density at radius 2 is 2.27 bits per heavy atom. The SMILES string of the molecule is O=C1NCC(Br)(CO)C(=O)N1. The third kappa shape index (κ3) is 1.51. The van der Waals surface area contributed by atoms with Crippen LogP contribution in [0.5, 0.6) is 0 Å². The number of carbonyl (C=O) groups is 2. The summed E-state index contributed by atoms with van der Waals surface area (Å²) in [7, 11) is 0. The van der Waals surface area contributed by atoms with Crippen molar-refractivity contribution in [3.63, 3.8) is 0 Å². The summed E-state index contributed by atoms with van der Waals surface area (Å²) >= 11 is 3.01. The molecular formula is C5H7BrN2O3. The number of alkyl halides is 1. The number of urea groups is 1. The van der Waals surface area contributed by atoms with Crippen LogP contribution in [0.3, 0.4) is 0 Å². The first kappa shape index (κ1) is 8.48. The van der Waals surface area contributed by atoms with E-state index in [1.165, 1.54) is 0 Å². The highest BCUT2D eigenvalue weighted by molar-refractivity contribution is 9.10. The number of nitrogens with one attached hydrogen (secondary N) is 2. The Morgan fingerprint density at radius 3 is 2.73 bits per heavy atom. The van der Waals surface area contributed by atoms with E-state index in [9.17, 15) is 9.59 Å². The van der Waals surface area contributed by atoms with Gasteiger partial charge in [-0.05, 0) is 0 Å². The summed E-state index contributed by atoms with van der Waals surface area (Å²) in [6.07, 6.45) is 0. The second kappa shape index (κ2) is 2.78. The summed E-state index contributed by atoms with van der Waals surface area (Å²) < 4.78 is -1.05. The van der Waals surface area contributed by atoms with Gasteiger partial charge in [0.05, 0.1) is 6.61 Å². The first-order valence-corrected chi connectivity index (χ1v) is 3.77. The largest absolute Gasteiger partial charge is 0.394 e. The van der Waals surface area contributed by atoms with Crippen LogP contribution < -0.4 is 10.6 Å². The summed E-state index contributed by atoms with van der Waals surface area (Å²) in [6.45, 7) is -0.243. The fraction of sp³-hybridized carbons (Fsp3) is 0.600.